The highest BCUT2D eigenvalue weighted by Gasteiger charge is 2.44. The average molecular weight is 548 g/mol. The first kappa shape index (κ1) is 25.1. The van der Waals surface area contributed by atoms with Gasteiger partial charge in [-0.1, -0.05) is 0 Å². The van der Waals surface area contributed by atoms with Crippen molar-refractivity contribution >= 4 is 34.8 Å². The van der Waals surface area contributed by atoms with Crippen LogP contribution in [0.1, 0.15) is 69.5 Å². The molecule has 0 aromatic carbocycles. The molecule has 3 heterocycles. The van der Waals surface area contributed by atoms with Gasteiger partial charge in [-0.25, -0.2) is 13.2 Å². The minimum Gasteiger partial charge on any atom is -0.352 e. The van der Waals surface area contributed by atoms with Crippen molar-refractivity contribution < 1.29 is 22.8 Å². The lowest BCUT2D eigenvalue weighted by molar-refractivity contribution is -0.119. The second-order valence-corrected chi connectivity index (χ2v) is 11.6. The van der Waals surface area contributed by atoms with E-state index in [1.54, 1.807) is 13.4 Å². The number of aryl methyl sites for hydroxylation is 2. The molecule has 0 spiro atoms. The standard InChI is InChI=1S/C25H28F3N7O2S/c1-34-21(8-17(33-34)23(27)28)31-25-32-30-11-35(25)13-4-5-19-15(6-13)22(24(37)29-10-12-2-3-12)20(38-19)9-18(36)14-7-16(14)26/h8,11-14,16,23H,2-7,9-10H2,1H3,(H,29,37)(H,31,32)/t13-,14+,16+/m0/s1. The van der Waals surface area contributed by atoms with Crippen LogP contribution >= 0.6 is 11.3 Å². The van der Waals surface area contributed by atoms with Crippen molar-refractivity contribution in [3.05, 3.63) is 39.0 Å². The fraction of sp³-hybridized carbons (Fsp3) is 0.560. The zero-order valence-electron chi connectivity index (χ0n) is 20.8. The minimum atomic E-state index is -2.69. The van der Waals surface area contributed by atoms with Crippen molar-refractivity contribution in [1.82, 2.24) is 29.9 Å². The molecule has 2 fully saturated rings. The summed E-state index contributed by atoms with van der Waals surface area (Å²) in [5, 5.41) is 18.1. The van der Waals surface area contributed by atoms with Gasteiger partial charge in [-0.05, 0) is 50.0 Å². The molecule has 3 aromatic rings. The van der Waals surface area contributed by atoms with E-state index in [2.05, 4.69) is 25.9 Å². The molecule has 13 heteroatoms. The lowest BCUT2D eigenvalue weighted by atomic mass is 9.90. The number of alkyl halides is 3. The molecule has 2 saturated carbocycles. The van der Waals surface area contributed by atoms with Crippen LogP contribution in [0.3, 0.4) is 0 Å². The number of halogens is 3. The predicted molar refractivity (Wildman–Crippen MR) is 134 cm³/mol. The van der Waals surface area contributed by atoms with Gasteiger partial charge in [0.25, 0.3) is 12.3 Å². The van der Waals surface area contributed by atoms with Crippen LogP contribution in [0, 0.1) is 11.8 Å². The molecule has 3 aliphatic carbocycles. The minimum absolute atomic E-state index is 0.0754. The van der Waals surface area contributed by atoms with Gasteiger partial charge in [-0.15, -0.1) is 21.5 Å². The van der Waals surface area contributed by atoms with Gasteiger partial charge >= 0.3 is 0 Å². The summed E-state index contributed by atoms with van der Waals surface area (Å²) in [5.74, 6) is 0.375. The van der Waals surface area contributed by atoms with E-state index in [0.29, 0.717) is 47.5 Å². The van der Waals surface area contributed by atoms with Gasteiger partial charge in [0.2, 0.25) is 5.95 Å². The van der Waals surface area contributed by atoms with Crippen LogP contribution in [-0.4, -0.2) is 49.0 Å². The van der Waals surface area contributed by atoms with Gasteiger partial charge in [-0.3, -0.25) is 18.8 Å². The summed E-state index contributed by atoms with van der Waals surface area (Å²) < 4.78 is 42.9. The molecule has 9 nitrogen and oxygen atoms in total. The van der Waals surface area contributed by atoms with Gasteiger partial charge in [0.1, 0.15) is 29.8 Å². The highest BCUT2D eigenvalue weighted by Crippen LogP contribution is 2.41. The normalized spacial score (nSPS) is 22.4. The number of carbonyl (C=O) groups excluding carboxylic acids is 2. The summed E-state index contributed by atoms with van der Waals surface area (Å²) in [7, 11) is 1.56. The Morgan fingerprint density at radius 3 is 2.74 bits per heavy atom. The lowest BCUT2D eigenvalue weighted by Crippen LogP contribution is -2.28. The van der Waals surface area contributed by atoms with E-state index in [1.165, 1.54) is 22.1 Å². The van der Waals surface area contributed by atoms with Crippen molar-refractivity contribution in [2.45, 2.75) is 63.6 Å². The molecule has 3 aliphatic rings. The van der Waals surface area contributed by atoms with Crippen LogP contribution in [0.25, 0.3) is 0 Å². The quantitative estimate of drug-likeness (QED) is 0.396. The summed E-state index contributed by atoms with van der Waals surface area (Å²) in [6.07, 6.45) is 2.37. The number of nitrogens with zero attached hydrogens (tertiary/aromatic N) is 5. The summed E-state index contributed by atoms with van der Waals surface area (Å²) in [5.41, 5.74) is 1.13. The first-order valence-electron chi connectivity index (χ1n) is 12.9. The Labute approximate surface area is 220 Å². The number of hydrogen-bond acceptors (Lipinski definition) is 7. The first-order chi connectivity index (χ1) is 18.3. The Bertz CT molecular complexity index is 1380. The van der Waals surface area contributed by atoms with Crippen LogP contribution in [0.4, 0.5) is 24.9 Å². The van der Waals surface area contributed by atoms with E-state index in [9.17, 15) is 22.8 Å². The molecule has 0 radical (unpaired) electrons. The van der Waals surface area contributed by atoms with Crippen molar-refractivity contribution in [3.63, 3.8) is 0 Å². The third-order valence-electron chi connectivity index (χ3n) is 7.57. The largest absolute Gasteiger partial charge is 0.352 e. The van der Waals surface area contributed by atoms with Crippen LogP contribution < -0.4 is 10.6 Å². The predicted octanol–water partition coefficient (Wildman–Crippen LogP) is 4.09. The third-order valence-corrected chi connectivity index (χ3v) is 8.86. The number of amides is 1. The maximum Gasteiger partial charge on any atom is 0.282 e. The second-order valence-electron chi connectivity index (χ2n) is 10.4. The molecule has 202 valence electrons. The Kier molecular flexibility index (Phi) is 6.48. The van der Waals surface area contributed by atoms with E-state index in [1.807, 2.05) is 4.57 Å². The lowest BCUT2D eigenvalue weighted by Gasteiger charge is -2.25. The Hall–Kier alpha value is -3.22. The van der Waals surface area contributed by atoms with Gasteiger partial charge in [0, 0.05) is 41.9 Å². The zero-order valence-corrected chi connectivity index (χ0v) is 21.6. The Morgan fingerprint density at radius 2 is 2.05 bits per heavy atom. The molecule has 38 heavy (non-hydrogen) atoms. The van der Waals surface area contributed by atoms with E-state index in [-0.39, 0.29) is 36.3 Å². The van der Waals surface area contributed by atoms with Crippen molar-refractivity contribution in [2.24, 2.45) is 18.9 Å². The van der Waals surface area contributed by atoms with Crippen LogP contribution in [0.15, 0.2) is 12.4 Å². The smallest absolute Gasteiger partial charge is 0.282 e. The number of ketones is 1. The Morgan fingerprint density at radius 1 is 1.26 bits per heavy atom. The number of anilines is 2. The molecule has 3 aromatic heterocycles. The number of thiophene rings is 1. The number of hydrogen-bond donors (Lipinski definition) is 2. The Balaban J connectivity index is 1.26. The zero-order chi connectivity index (χ0) is 26.6. The molecule has 3 atom stereocenters. The molecular formula is C25H28F3N7O2S. The summed E-state index contributed by atoms with van der Waals surface area (Å²) in [6.45, 7) is 0.611. The molecule has 0 unspecified atom stereocenters. The maximum absolute atomic E-state index is 13.5. The van der Waals surface area contributed by atoms with Gasteiger partial charge in [0.05, 0.1) is 11.5 Å². The van der Waals surface area contributed by atoms with Gasteiger partial charge in [-0.2, -0.15) is 5.10 Å². The number of nitrogens with one attached hydrogen (secondary N) is 2. The highest BCUT2D eigenvalue weighted by molar-refractivity contribution is 7.12. The summed E-state index contributed by atoms with van der Waals surface area (Å²) in [4.78, 5) is 27.8. The fourth-order valence-corrected chi connectivity index (χ4v) is 6.47. The van der Waals surface area contributed by atoms with E-state index in [0.717, 1.165) is 29.7 Å². The number of rotatable bonds is 10. The maximum atomic E-state index is 13.5. The van der Waals surface area contributed by atoms with Gasteiger partial charge in [0.15, 0.2) is 0 Å². The molecule has 6 rings (SSSR count). The second kappa shape index (κ2) is 9.83. The van der Waals surface area contributed by atoms with E-state index >= 15 is 0 Å². The van der Waals surface area contributed by atoms with Crippen molar-refractivity contribution in [1.29, 1.82) is 0 Å². The number of Topliss-reactive ketones (excluding diaryl/α,β-unsaturated/α-hetero) is 1. The van der Waals surface area contributed by atoms with Crippen LogP contribution in [0.2, 0.25) is 0 Å². The topological polar surface area (TPSA) is 107 Å². The van der Waals surface area contributed by atoms with Crippen molar-refractivity contribution in [3.8, 4) is 0 Å². The van der Waals surface area contributed by atoms with E-state index < -0.39 is 18.5 Å². The van der Waals surface area contributed by atoms with E-state index in [4.69, 9.17) is 0 Å². The van der Waals surface area contributed by atoms with Gasteiger partial charge < -0.3 is 10.6 Å². The molecule has 0 bridgehead atoms. The number of aromatic nitrogens is 5. The average Bonchev–Trinajstić information content (AvgIpc) is 3.72. The highest BCUT2D eigenvalue weighted by atomic mass is 32.1. The monoisotopic (exact) mass is 547 g/mol. The molecule has 1 amide bonds. The third kappa shape index (κ3) is 4.95. The SMILES string of the molecule is Cn1nc(C(F)F)cc1Nc1nncn1[C@H]1CCc2sc(CC(=O)[C@@H]3C[C@H]3F)c(C(=O)NCC3CC3)c2C1. The van der Waals surface area contributed by atoms with Crippen LogP contribution in [0.5, 0.6) is 0 Å². The molecule has 0 aliphatic heterocycles. The van der Waals surface area contributed by atoms with Crippen LogP contribution in [-0.2, 0) is 31.1 Å². The first-order valence-corrected chi connectivity index (χ1v) is 13.7. The van der Waals surface area contributed by atoms with Crippen molar-refractivity contribution in [2.75, 3.05) is 11.9 Å². The molecular weight excluding hydrogens is 519 g/mol. The number of fused-ring (bicyclic) bond motifs is 1. The summed E-state index contributed by atoms with van der Waals surface area (Å²) >= 11 is 1.49. The molecule has 2 N–H and O–H groups in total. The molecule has 0 saturated heterocycles. The number of carbonyl (C=O) groups is 2. The summed E-state index contributed by atoms with van der Waals surface area (Å²) in [6, 6.07) is 1.18. The fourth-order valence-electron chi connectivity index (χ4n) is 5.11.